The van der Waals surface area contributed by atoms with Gasteiger partial charge in [0.2, 0.25) is 5.43 Å². The summed E-state index contributed by atoms with van der Waals surface area (Å²) < 4.78 is 15.6. The molecule has 1 aromatic carbocycles. The van der Waals surface area contributed by atoms with Crippen molar-refractivity contribution in [2.45, 2.75) is 38.6 Å². The third-order valence-corrected chi connectivity index (χ3v) is 5.20. The Bertz CT molecular complexity index is 1090. The van der Waals surface area contributed by atoms with Crippen LogP contribution < -0.4 is 10.3 Å². The molecule has 3 aromatic rings. The van der Waals surface area contributed by atoms with Crippen molar-refractivity contribution in [3.05, 3.63) is 82.2 Å². The summed E-state index contributed by atoms with van der Waals surface area (Å²) in [5, 5.41) is 4.27. The predicted octanol–water partition coefficient (Wildman–Crippen LogP) is 3.66. The van der Waals surface area contributed by atoms with E-state index in [-0.39, 0.29) is 17.4 Å². The van der Waals surface area contributed by atoms with E-state index in [1.807, 2.05) is 0 Å². The maximum atomic E-state index is 14.3. The first-order valence-electron chi connectivity index (χ1n) is 9.67. The van der Waals surface area contributed by atoms with Crippen LogP contribution in [0.5, 0.6) is 0 Å². The fourth-order valence-electron chi connectivity index (χ4n) is 3.79. The molecule has 1 fully saturated rings. The van der Waals surface area contributed by atoms with Crippen LogP contribution in [0.2, 0.25) is 0 Å². The Morgan fingerprint density at radius 2 is 1.86 bits per heavy atom. The highest BCUT2D eigenvalue weighted by Gasteiger charge is 2.32. The maximum Gasteiger partial charge on any atom is 0.284 e. The number of benzene rings is 1. The number of carbonyl (C=O) groups excluding carboxylic acids is 1. The van der Waals surface area contributed by atoms with Crippen molar-refractivity contribution in [2.75, 3.05) is 4.90 Å². The molecule has 0 saturated heterocycles. The molecule has 1 aliphatic rings. The smallest absolute Gasteiger partial charge is 0.284 e. The molecule has 148 valence electrons. The number of halogens is 1. The third kappa shape index (κ3) is 3.68. The van der Waals surface area contributed by atoms with Crippen LogP contribution in [0.25, 0.3) is 5.69 Å². The minimum Gasteiger partial charge on any atom is -0.288 e. The average Bonchev–Trinajstić information content (AvgIpc) is 3.24. The SMILES string of the molecule is Cc1cc(=O)c(C(=O)N(c2ccccn2)C2CCCC2)nn1-c1ccccc1F. The van der Waals surface area contributed by atoms with Crippen LogP contribution >= 0.6 is 0 Å². The average molecular weight is 392 g/mol. The quantitative estimate of drug-likeness (QED) is 0.680. The van der Waals surface area contributed by atoms with Gasteiger partial charge in [0, 0.05) is 24.0 Å². The number of para-hydroxylation sites is 1. The van der Waals surface area contributed by atoms with Gasteiger partial charge in [-0.1, -0.05) is 31.0 Å². The minimum atomic E-state index is -0.509. The zero-order valence-corrected chi connectivity index (χ0v) is 16.1. The lowest BCUT2D eigenvalue weighted by Gasteiger charge is -2.27. The summed E-state index contributed by atoms with van der Waals surface area (Å²) in [6, 6.07) is 12.7. The summed E-state index contributed by atoms with van der Waals surface area (Å²) in [6.45, 7) is 1.66. The molecule has 4 rings (SSSR count). The van der Waals surface area contributed by atoms with Gasteiger partial charge in [0.1, 0.15) is 17.3 Å². The van der Waals surface area contributed by atoms with E-state index in [9.17, 15) is 14.0 Å². The molecule has 0 N–H and O–H groups in total. The monoisotopic (exact) mass is 392 g/mol. The third-order valence-electron chi connectivity index (χ3n) is 5.20. The van der Waals surface area contributed by atoms with Gasteiger partial charge in [-0.05, 0) is 44.0 Å². The molecular weight excluding hydrogens is 371 g/mol. The molecule has 6 nitrogen and oxygen atoms in total. The van der Waals surface area contributed by atoms with Gasteiger partial charge in [0.05, 0.1) is 0 Å². The fourth-order valence-corrected chi connectivity index (χ4v) is 3.79. The molecular formula is C22H21FN4O2. The molecule has 1 saturated carbocycles. The lowest BCUT2D eigenvalue weighted by Crippen LogP contribution is -2.42. The first kappa shape index (κ1) is 19.0. The standard InChI is InChI=1S/C22H21FN4O2/c1-15-14-19(28)21(25-27(15)18-11-5-4-10-17(18)23)22(29)26(16-8-2-3-9-16)20-12-6-7-13-24-20/h4-7,10-14,16H,2-3,8-9H2,1H3. The number of aryl methyl sites for hydroxylation is 1. The molecule has 29 heavy (non-hydrogen) atoms. The summed E-state index contributed by atoms with van der Waals surface area (Å²) in [6.07, 6.45) is 5.33. The van der Waals surface area contributed by atoms with Gasteiger partial charge in [0.25, 0.3) is 5.91 Å². The predicted molar refractivity (Wildman–Crippen MR) is 108 cm³/mol. The van der Waals surface area contributed by atoms with Gasteiger partial charge in [-0.25, -0.2) is 14.1 Å². The molecule has 2 heterocycles. The highest BCUT2D eigenvalue weighted by atomic mass is 19.1. The summed E-state index contributed by atoms with van der Waals surface area (Å²) in [7, 11) is 0. The molecule has 0 atom stereocenters. The Kier molecular flexibility index (Phi) is 5.20. The van der Waals surface area contributed by atoms with E-state index in [4.69, 9.17) is 0 Å². The summed E-state index contributed by atoms with van der Waals surface area (Å²) in [4.78, 5) is 32.0. The zero-order chi connectivity index (χ0) is 20.4. The van der Waals surface area contributed by atoms with Gasteiger partial charge in [-0.3, -0.25) is 14.5 Å². The van der Waals surface area contributed by atoms with E-state index in [1.165, 1.54) is 16.8 Å². The Hall–Kier alpha value is -3.35. The number of hydrogen-bond acceptors (Lipinski definition) is 4. The van der Waals surface area contributed by atoms with E-state index >= 15 is 0 Å². The molecule has 0 aliphatic heterocycles. The fraction of sp³-hybridized carbons (Fsp3) is 0.273. The van der Waals surface area contributed by atoms with Crippen molar-refractivity contribution >= 4 is 11.7 Å². The number of rotatable bonds is 4. The Labute approximate surface area is 167 Å². The molecule has 7 heteroatoms. The number of pyridine rings is 1. The zero-order valence-electron chi connectivity index (χ0n) is 16.1. The topological polar surface area (TPSA) is 68.1 Å². The maximum absolute atomic E-state index is 14.3. The van der Waals surface area contributed by atoms with Gasteiger partial charge >= 0.3 is 0 Å². The Morgan fingerprint density at radius 1 is 1.14 bits per heavy atom. The van der Waals surface area contributed by atoms with Crippen molar-refractivity contribution in [3.63, 3.8) is 0 Å². The van der Waals surface area contributed by atoms with Crippen molar-refractivity contribution in [1.82, 2.24) is 14.8 Å². The van der Waals surface area contributed by atoms with Gasteiger partial charge in [0.15, 0.2) is 5.69 Å². The molecule has 2 aromatic heterocycles. The number of amides is 1. The second kappa shape index (κ2) is 7.95. The second-order valence-electron chi connectivity index (χ2n) is 7.16. The first-order chi connectivity index (χ1) is 14.1. The molecule has 1 aliphatic carbocycles. The van der Waals surface area contributed by atoms with Gasteiger partial charge < -0.3 is 0 Å². The lowest BCUT2D eigenvalue weighted by atomic mass is 10.1. The van der Waals surface area contributed by atoms with E-state index < -0.39 is 17.2 Å². The molecule has 0 unspecified atom stereocenters. The highest BCUT2D eigenvalue weighted by molar-refractivity contribution is 6.04. The number of aromatic nitrogens is 3. The second-order valence-corrected chi connectivity index (χ2v) is 7.16. The van der Waals surface area contributed by atoms with Crippen molar-refractivity contribution in [3.8, 4) is 5.69 Å². The molecule has 1 amide bonds. The first-order valence-corrected chi connectivity index (χ1v) is 9.67. The summed E-state index contributed by atoms with van der Waals surface area (Å²) in [5.41, 5.74) is -0.0957. The summed E-state index contributed by atoms with van der Waals surface area (Å²) in [5.74, 6) is -0.503. The molecule has 0 spiro atoms. The summed E-state index contributed by atoms with van der Waals surface area (Å²) >= 11 is 0. The largest absolute Gasteiger partial charge is 0.288 e. The van der Waals surface area contributed by atoms with Crippen LogP contribution in [0.4, 0.5) is 10.2 Å². The van der Waals surface area contributed by atoms with Crippen LogP contribution in [0, 0.1) is 12.7 Å². The normalized spacial score (nSPS) is 14.1. The van der Waals surface area contributed by atoms with Crippen molar-refractivity contribution in [2.24, 2.45) is 0 Å². The molecule has 0 radical (unpaired) electrons. The number of anilines is 1. The highest BCUT2D eigenvalue weighted by Crippen LogP contribution is 2.28. The van der Waals surface area contributed by atoms with Crippen molar-refractivity contribution in [1.29, 1.82) is 0 Å². The van der Waals surface area contributed by atoms with Gasteiger partial charge in [-0.15, -0.1) is 0 Å². The number of hydrogen-bond donors (Lipinski definition) is 0. The molecule has 0 bridgehead atoms. The van der Waals surface area contributed by atoms with Crippen LogP contribution in [-0.4, -0.2) is 26.7 Å². The van der Waals surface area contributed by atoms with Crippen LogP contribution in [0.3, 0.4) is 0 Å². The van der Waals surface area contributed by atoms with Crippen LogP contribution in [-0.2, 0) is 0 Å². The minimum absolute atomic E-state index is 0.0400. The van der Waals surface area contributed by atoms with Crippen LogP contribution in [0.1, 0.15) is 41.9 Å². The van der Waals surface area contributed by atoms with E-state index in [0.29, 0.717) is 11.5 Å². The number of nitrogens with zero attached hydrogens (tertiary/aromatic N) is 4. The lowest BCUT2D eigenvalue weighted by molar-refractivity contribution is 0.0968. The number of carbonyl (C=O) groups is 1. The van der Waals surface area contributed by atoms with Crippen LogP contribution in [0.15, 0.2) is 59.5 Å². The Morgan fingerprint density at radius 3 is 2.55 bits per heavy atom. The van der Waals surface area contributed by atoms with E-state index in [0.717, 1.165) is 25.7 Å². The Balaban J connectivity index is 1.82. The van der Waals surface area contributed by atoms with Crippen molar-refractivity contribution < 1.29 is 9.18 Å². The van der Waals surface area contributed by atoms with Gasteiger partial charge in [-0.2, -0.15) is 5.10 Å². The van der Waals surface area contributed by atoms with E-state index in [1.54, 1.807) is 54.4 Å². The van der Waals surface area contributed by atoms with E-state index in [2.05, 4.69) is 10.1 Å².